The van der Waals surface area contributed by atoms with Gasteiger partial charge in [-0.25, -0.2) is 4.98 Å². The first kappa shape index (κ1) is 18.8. The number of hydrogen-bond acceptors (Lipinski definition) is 6. The lowest BCUT2D eigenvalue weighted by atomic mass is 10.2. The summed E-state index contributed by atoms with van der Waals surface area (Å²) in [6.07, 6.45) is 2.59. The van der Waals surface area contributed by atoms with E-state index in [4.69, 9.17) is 10.8 Å². The number of anilines is 2. The van der Waals surface area contributed by atoms with E-state index in [1.165, 1.54) is 17.8 Å². The molecule has 1 heterocycles. The number of thioether (sulfide) groups is 1. The summed E-state index contributed by atoms with van der Waals surface area (Å²) in [6.45, 7) is 0.185. The number of hydrogen-bond donors (Lipinski definition) is 3. The average molecular weight is 356 g/mol. The molecular formula is C18H20N4O2S. The Kier molecular flexibility index (Phi) is 7.26. The largest absolute Gasteiger partial charge is 0.396 e. The molecular weight excluding hydrogens is 336 g/mol. The van der Waals surface area contributed by atoms with E-state index in [2.05, 4.69) is 16.4 Å². The Morgan fingerprint density at radius 1 is 1.28 bits per heavy atom. The molecule has 0 aliphatic rings. The van der Waals surface area contributed by atoms with E-state index in [1.807, 2.05) is 18.2 Å². The van der Waals surface area contributed by atoms with Crippen LogP contribution in [0.5, 0.6) is 0 Å². The summed E-state index contributed by atoms with van der Waals surface area (Å²) in [6, 6.07) is 12.6. The number of nitrogen functional groups attached to an aromatic ring is 1. The Hall–Kier alpha value is -2.56. The maximum atomic E-state index is 12.4. The predicted octanol–water partition coefficient (Wildman–Crippen LogP) is 3.04. The highest BCUT2D eigenvalue weighted by atomic mass is 32.2. The van der Waals surface area contributed by atoms with Gasteiger partial charge in [0.05, 0.1) is 11.1 Å². The lowest BCUT2D eigenvalue weighted by molar-refractivity contribution is 0.102. The Labute approximate surface area is 151 Å². The van der Waals surface area contributed by atoms with Crippen LogP contribution in [0.3, 0.4) is 0 Å². The summed E-state index contributed by atoms with van der Waals surface area (Å²) < 4.78 is 0. The second-order valence-electron chi connectivity index (χ2n) is 5.34. The van der Waals surface area contributed by atoms with Gasteiger partial charge in [0.25, 0.3) is 5.91 Å². The fourth-order valence-corrected chi connectivity index (χ4v) is 3.13. The van der Waals surface area contributed by atoms with Crippen molar-refractivity contribution in [3.63, 3.8) is 0 Å². The number of aliphatic hydroxyl groups excluding tert-OH is 1. The first-order valence-electron chi connectivity index (χ1n) is 7.96. The molecule has 2 aromatic rings. The number of nitrogens with two attached hydrogens (primary N) is 1. The topological polar surface area (TPSA) is 112 Å². The van der Waals surface area contributed by atoms with Crippen LogP contribution in [0.25, 0.3) is 0 Å². The van der Waals surface area contributed by atoms with Crippen molar-refractivity contribution >= 4 is 29.2 Å². The van der Waals surface area contributed by atoms with E-state index in [-0.39, 0.29) is 18.0 Å². The van der Waals surface area contributed by atoms with Crippen LogP contribution < -0.4 is 11.1 Å². The van der Waals surface area contributed by atoms with Crippen LogP contribution >= 0.6 is 11.8 Å². The van der Waals surface area contributed by atoms with Crippen molar-refractivity contribution in [2.75, 3.05) is 23.4 Å². The summed E-state index contributed by atoms with van der Waals surface area (Å²) in [5.74, 6) is 0.480. The number of benzene rings is 1. The minimum absolute atomic E-state index is 0.102. The molecule has 6 nitrogen and oxygen atoms in total. The van der Waals surface area contributed by atoms with E-state index in [1.54, 1.807) is 12.1 Å². The number of unbranched alkanes of at least 4 members (excludes halogenated alkanes) is 2. The van der Waals surface area contributed by atoms with Crippen molar-refractivity contribution in [2.24, 2.45) is 0 Å². The van der Waals surface area contributed by atoms with Gasteiger partial charge in [-0.2, -0.15) is 5.26 Å². The molecule has 0 spiro atoms. The fraction of sp³-hybridized carbons (Fsp3) is 0.278. The normalized spacial score (nSPS) is 10.2. The van der Waals surface area contributed by atoms with E-state index in [9.17, 15) is 10.1 Å². The van der Waals surface area contributed by atoms with Crippen molar-refractivity contribution in [2.45, 2.75) is 24.3 Å². The van der Waals surface area contributed by atoms with Gasteiger partial charge in [0.15, 0.2) is 0 Å². The maximum absolute atomic E-state index is 12.4. The Balaban J connectivity index is 2.10. The number of nitriles is 1. The number of nitrogens with one attached hydrogen (secondary N) is 1. The molecule has 0 radical (unpaired) electrons. The molecule has 0 bridgehead atoms. The third-order valence-corrected chi connectivity index (χ3v) is 4.53. The van der Waals surface area contributed by atoms with Gasteiger partial charge in [-0.05, 0) is 36.8 Å². The second-order valence-corrected chi connectivity index (χ2v) is 6.42. The van der Waals surface area contributed by atoms with E-state index >= 15 is 0 Å². The summed E-state index contributed by atoms with van der Waals surface area (Å²) >= 11 is 1.43. The highest BCUT2D eigenvalue weighted by Gasteiger charge is 2.16. The fourth-order valence-electron chi connectivity index (χ4n) is 2.16. The third-order valence-electron chi connectivity index (χ3n) is 3.45. The highest BCUT2D eigenvalue weighted by Crippen LogP contribution is 2.25. The van der Waals surface area contributed by atoms with Crippen LogP contribution in [0.1, 0.15) is 35.2 Å². The molecule has 0 unspecified atom stereocenters. The van der Waals surface area contributed by atoms with Crippen molar-refractivity contribution < 1.29 is 9.90 Å². The standard InChI is InChI=1S/C18H20N4O2S/c19-12-13-11-15(17(24)21-14-7-3-1-4-8-14)16(20)22-18(13)25-10-6-2-5-9-23/h1,3-4,7-8,11,23H,2,5-6,9-10H2,(H2,20,22)(H,21,24). The first-order valence-corrected chi connectivity index (χ1v) is 8.95. The van der Waals surface area contributed by atoms with Crippen LogP contribution in [0, 0.1) is 11.3 Å². The van der Waals surface area contributed by atoms with Gasteiger partial charge >= 0.3 is 0 Å². The van der Waals surface area contributed by atoms with Crippen LogP contribution in [0.15, 0.2) is 41.4 Å². The molecule has 1 aromatic carbocycles. The quantitative estimate of drug-likeness (QED) is 0.495. The Morgan fingerprint density at radius 2 is 2.04 bits per heavy atom. The number of para-hydroxylation sites is 1. The summed E-state index contributed by atoms with van der Waals surface area (Å²) in [4.78, 5) is 16.6. The van der Waals surface area contributed by atoms with Gasteiger partial charge in [-0.3, -0.25) is 4.79 Å². The summed E-state index contributed by atoms with van der Waals surface area (Å²) in [7, 11) is 0. The van der Waals surface area contributed by atoms with Crippen LogP contribution in [0.2, 0.25) is 0 Å². The van der Waals surface area contributed by atoms with Gasteiger partial charge in [-0.15, -0.1) is 11.8 Å². The molecule has 0 aliphatic heterocycles. The summed E-state index contributed by atoms with van der Waals surface area (Å²) in [5.41, 5.74) is 7.09. The second kappa shape index (κ2) is 9.67. The SMILES string of the molecule is N#Cc1cc(C(=O)Nc2ccccc2)c(N)nc1SCCCCCO. The lowest BCUT2D eigenvalue weighted by Crippen LogP contribution is -2.15. The number of aliphatic hydroxyl groups is 1. The molecule has 1 amide bonds. The number of pyridine rings is 1. The number of carbonyl (C=O) groups is 1. The minimum atomic E-state index is -0.396. The van der Waals surface area contributed by atoms with Crippen molar-refractivity contribution in [3.8, 4) is 6.07 Å². The van der Waals surface area contributed by atoms with E-state index in [0.29, 0.717) is 16.3 Å². The molecule has 7 heteroatoms. The maximum Gasteiger partial charge on any atom is 0.259 e. The van der Waals surface area contributed by atoms with Crippen molar-refractivity contribution in [3.05, 3.63) is 47.5 Å². The first-order chi connectivity index (χ1) is 12.2. The van der Waals surface area contributed by atoms with Crippen LogP contribution in [0.4, 0.5) is 11.5 Å². The third kappa shape index (κ3) is 5.48. The predicted molar refractivity (Wildman–Crippen MR) is 99.4 cm³/mol. The molecule has 2 rings (SSSR count). The number of rotatable bonds is 8. The highest BCUT2D eigenvalue weighted by molar-refractivity contribution is 7.99. The van der Waals surface area contributed by atoms with Crippen molar-refractivity contribution in [1.29, 1.82) is 5.26 Å². The lowest BCUT2D eigenvalue weighted by Gasteiger charge is -2.10. The summed E-state index contributed by atoms with van der Waals surface area (Å²) in [5, 5.41) is 21.4. The number of nitrogens with zero attached hydrogens (tertiary/aromatic N) is 2. The van der Waals surface area contributed by atoms with Crippen molar-refractivity contribution in [1.82, 2.24) is 4.98 Å². The molecule has 0 aliphatic carbocycles. The monoisotopic (exact) mass is 356 g/mol. The molecule has 25 heavy (non-hydrogen) atoms. The number of amides is 1. The van der Waals surface area contributed by atoms with Gasteiger partial charge in [0, 0.05) is 12.3 Å². The molecule has 0 atom stereocenters. The molecule has 1 aromatic heterocycles. The Morgan fingerprint density at radius 3 is 2.72 bits per heavy atom. The van der Waals surface area contributed by atoms with Crippen LogP contribution in [-0.4, -0.2) is 28.4 Å². The molecule has 0 fully saturated rings. The number of aromatic nitrogens is 1. The van der Waals surface area contributed by atoms with Gasteiger partial charge < -0.3 is 16.2 Å². The van der Waals surface area contributed by atoms with Gasteiger partial charge in [0.1, 0.15) is 16.9 Å². The van der Waals surface area contributed by atoms with E-state index < -0.39 is 5.91 Å². The zero-order chi connectivity index (χ0) is 18.1. The minimum Gasteiger partial charge on any atom is -0.396 e. The number of carbonyl (C=O) groups excluding carboxylic acids is 1. The molecule has 0 saturated heterocycles. The van der Waals surface area contributed by atoms with E-state index in [0.717, 1.165) is 25.0 Å². The smallest absolute Gasteiger partial charge is 0.259 e. The van der Waals surface area contributed by atoms with Gasteiger partial charge in [0.2, 0.25) is 0 Å². The molecule has 130 valence electrons. The van der Waals surface area contributed by atoms with Crippen LogP contribution in [-0.2, 0) is 0 Å². The average Bonchev–Trinajstić information content (AvgIpc) is 2.62. The molecule has 0 saturated carbocycles. The Bertz CT molecular complexity index is 760. The zero-order valence-corrected chi connectivity index (χ0v) is 14.6. The van der Waals surface area contributed by atoms with Gasteiger partial charge in [-0.1, -0.05) is 24.6 Å². The molecule has 4 N–H and O–H groups in total. The zero-order valence-electron chi connectivity index (χ0n) is 13.7.